The van der Waals surface area contributed by atoms with Crippen molar-refractivity contribution in [3.63, 3.8) is 0 Å². The summed E-state index contributed by atoms with van der Waals surface area (Å²) >= 11 is -0.679. The second-order valence-corrected chi connectivity index (χ2v) is 3.54. The molecular weight excluding hydrogens is 287 g/mol. The number of fused-ring (bicyclic) bond motifs is 1. The molecule has 0 bridgehead atoms. The van der Waals surface area contributed by atoms with Gasteiger partial charge in [0.2, 0.25) is 0 Å². The molecule has 0 radical (unpaired) electrons. The second kappa shape index (κ2) is 3.29. The number of nitrogens with two attached hydrogens (primary N) is 1. The van der Waals surface area contributed by atoms with E-state index in [1.807, 2.05) is 0 Å². The number of hydrogen-bond acceptors (Lipinski definition) is 4. The Morgan fingerprint density at radius 1 is 1.38 bits per heavy atom. The summed E-state index contributed by atoms with van der Waals surface area (Å²) in [6.07, 6.45) is 0. The minimum atomic E-state index is -0.714. The van der Waals surface area contributed by atoms with Crippen molar-refractivity contribution < 1.29 is 33.3 Å². The molecule has 0 spiro atoms. The molecule has 0 atom stereocenters. The van der Waals surface area contributed by atoms with E-state index >= 15 is 0 Å². The molecule has 6 heteroatoms. The maximum atomic E-state index is 10.5. The average molecular weight is 292 g/mol. The van der Waals surface area contributed by atoms with Crippen LogP contribution >= 0.6 is 0 Å². The summed E-state index contributed by atoms with van der Waals surface area (Å²) in [6, 6.07) is 4.28. The quantitative estimate of drug-likeness (QED) is 0.334. The Labute approximate surface area is 85.5 Å². The molecule has 13 heavy (non-hydrogen) atoms. The molecule has 1 aliphatic heterocycles. The van der Waals surface area contributed by atoms with Gasteiger partial charge in [0.05, 0.1) is 0 Å². The Bertz CT molecular complexity index is 363. The summed E-state index contributed by atoms with van der Waals surface area (Å²) in [6.45, 7) is 0. The second-order valence-electron chi connectivity index (χ2n) is 2.30. The van der Waals surface area contributed by atoms with Crippen LogP contribution in [0.5, 0.6) is 11.5 Å². The van der Waals surface area contributed by atoms with E-state index in [0.717, 1.165) is 0 Å². The Kier molecular flexibility index (Phi) is 2.13. The molecule has 0 aromatic heterocycles. The van der Waals surface area contributed by atoms with E-state index in [9.17, 15) is 5.11 Å². The van der Waals surface area contributed by atoms with Crippen LogP contribution in [0.25, 0.3) is 0 Å². The molecule has 2 rings (SSSR count). The summed E-state index contributed by atoms with van der Waals surface area (Å²) in [5.74, 6) is 1.34. The van der Waals surface area contributed by atoms with Gasteiger partial charge >= 0.3 is 85.4 Å². The normalized spacial score (nSPS) is 15.2. The molecule has 0 fully saturated rings. The Hall–Kier alpha value is -1.18. The molecule has 1 heterocycles. The van der Waals surface area contributed by atoms with Crippen molar-refractivity contribution in [3.05, 3.63) is 18.2 Å². The van der Waals surface area contributed by atoms with Crippen LogP contribution in [0.4, 0.5) is 5.69 Å². The van der Waals surface area contributed by atoms with Gasteiger partial charge in [0.1, 0.15) is 0 Å². The van der Waals surface area contributed by atoms with Gasteiger partial charge in [-0.2, -0.15) is 0 Å². The number of amidine groups is 1. The monoisotopic (exact) mass is 292 g/mol. The van der Waals surface area contributed by atoms with Crippen LogP contribution in [0.1, 0.15) is 0 Å². The van der Waals surface area contributed by atoms with Crippen LogP contribution in [-0.2, 0) is 0 Å². The fourth-order valence-electron chi connectivity index (χ4n) is 0.901. The minimum absolute atomic E-state index is 0.487. The van der Waals surface area contributed by atoms with Crippen molar-refractivity contribution in [2.24, 2.45) is 10.7 Å². The van der Waals surface area contributed by atoms with Gasteiger partial charge in [-0.15, -0.1) is 0 Å². The van der Waals surface area contributed by atoms with Gasteiger partial charge in [0, 0.05) is 0 Å². The van der Waals surface area contributed by atoms with Crippen molar-refractivity contribution in [2.75, 3.05) is 0 Å². The van der Waals surface area contributed by atoms with Crippen LogP contribution in [-0.4, -0.2) is 6.02 Å². The fourth-order valence-corrected chi connectivity index (χ4v) is 2.09. The van der Waals surface area contributed by atoms with Gasteiger partial charge in [0.15, 0.2) is 0 Å². The van der Waals surface area contributed by atoms with E-state index in [1.54, 1.807) is 18.2 Å². The van der Waals surface area contributed by atoms with Crippen LogP contribution in [0.15, 0.2) is 23.2 Å². The molecule has 1 aromatic rings. The number of hydrogen-bond donors (Lipinski definition) is 1. The number of rotatable bonds is 1. The molecule has 70 valence electrons. The summed E-state index contributed by atoms with van der Waals surface area (Å²) in [7, 11) is 0. The Morgan fingerprint density at radius 3 is 2.92 bits per heavy atom. The van der Waals surface area contributed by atoms with Crippen LogP contribution in [0.3, 0.4) is 0 Å². The average Bonchev–Trinajstić information content (AvgIpc) is 2.49. The number of halogens is 1. The van der Waals surface area contributed by atoms with Crippen molar-refractivity contribution in [2.45, 2.75) is 0 Å². The van der Waals surface area contributed by atoms with Gasteiger partial charge in [-0.25, -0.2) is 0 Å². The first-order valence-corrected chi connectivity index (χ1v) is 5.16. The number of nitrogens with zero attached hydrogens (tertiary/aromatic N) is 1. The molecular formula is C7H5IN2O3-2. The van der Waals surface area contributed by atoms with E-state index in [-0.39, 0.29) is 0 Å². The van der Waals surface area contributed by atoms with E-state index in [4.69, 9.17) is 11.9 Å². The molecule has 0 unspecified atom stereocenters. The van der Waals surface area contributed by atoms with Crippen LogP contribution < -0.4 is 39.0 Å². The molecule has 0 saturated heterocycles. The molecule has 1 aliphatic rings. The summed E-state index contributed by atoms with van der Waals surface area (Å²) in [5, 5.41) is 10.5. The van der Waals surface area contributed by atoms with Gasteiger partial charge in [-0.3, -0.25) is 0 Å². The molecule has 0 amide bonds. The van der Waals surface area contributed by atoms with Crippen molar-refractivity contribution in [1.82, 2.24) is 0 Å². The van der Waals surface area contributed by atoms with E-state index in [2.05, 4.69) is 4.99 Å². The first kappa shape index (κ1) is 8.42. The topological polar surface area (TPSA) is 79.9 Å². The fraction of sp³-hybridized carbons (Fsp3) is 0. The third kappa shape index (κ3) is 1.77. The third-order valence-corrected chi connectivity index (χ3v) is 2.70. The van der Waals surface area contributed by atoms with Crippen LogP contribution in [0.2, 0.25) is 0 Å². The SMILES string of the molecule is NC([O-])=Nc1ccc2c(c1)O[I-]O2. The van der Waals surface area contributed by atoms with E-state index in [1.165, 1.54) is 0 Å². The van der Waals surface area contributed by atoms with Gasteiger partial charge in [-0.1, -0.05) is 0 Å². The third-order valence-electron chi connectivity index (χ3n) is 1.40. The summed E-state index contributed by atoms with van der Waals surface area (Å²) in [4.78, 5) is 3.55. The Balaban J connectivity index is 2.36. The molecule has 5 nitrogen and oxygen atoms in total. The summed E-state index contributed by atoms with van der Waals surface area (Å²) in [5.41, 5.74) is 5.39. The molecule has 0 aliphatic carbocycles. The molecule has 1 aromatic carbocycles. The van der Waals surface area contributed by atoms with Crippen molar-refractivity contribution >= 4 is 11.7 Å². The van der Waals surface area contributed by atoms with E-state index in [0.29, 0.717) is 17.2 Å². The van der Waals surface area contributed by atoms with Gasteiger partial charge in [0.25, 0.3) is 0 Å². The first-order valence-electron chi connectivity index (χ1n) is 3.39. The Morgan fingerprint density at radius 2 is 2.15 bits per heavy atom. The first-order chi connectivity index (χ1) is 6.25. The number of aliphatic imine (C=N–C) groups is 1. The van der Waals surface area contributed by atoms with Crippen molar-refractivity contribution in [1.29, 1.82) is 0 Å². The number of benzene rings is 1. The maximum absolute atomic E-state index is 10.5. The van der Waals surface area contributed by atoms with Crippen molar-refractivity contribution in [3.8, 4) is 11.5 Å². The predicted molar refractivity (Wildman–Crippen MR) is 39.0 cm³/mol. The van der Waals surface area contributed by atoms with Gasteiger partial charge in [-0.05, 0) is 0 Å². The zero-order chi connectivity index (χ0) is 9.26. The molecule has 2 N–H and O–H groups in total. The van der Waals surface area contributed by atoms with Gasteiger partial charge < -0.3 is 0 Å². The predicted octanol–water partition coefficient (Wildman–Crippen LogP) is -3.32. The molecule has 0 saturated carbocycles. The van der Waals surface area contributed by atoms with E-state index < -0.39 is 28.1 Å². The standard InChI is InChI=1S/C7H6IN2O3/c9-7(11)10-4-1-2-5-6(3-4)13-8-12-5/h1-3H,(H3,9,10,11)/q-1/p-1. The zero-order valence-corrected chi connectivity index (χ0v) is 8.52. The van der Waals surface area contributed by atoms with Crippen LogP contribution in [0, 0.1) is 0 Å². The summed E-state index contributed by atoms with van der Waals surface area (Å²) < 4.78 is 10.4. The zero-order valence-electron chi connectivity index (χ0n) is 6.36.